The van der Waals surface area contributed by atoms with Crippen LogP contribution in [0.3, 0.4) is 0 Å². The molecule has 1 saturated carbocycles. The Balaban J connectivity index is 2.99. The van der Waals surface area contributed by atoms with Crippen molar-refractivity contribution in [3.8, 4) is 0 Å². The predicted molar refractivity (Wildman–Crippen MR) is 58.5 cm³/mol. The van der Waals surface area contributed by atoms with E-state index in [2.05, 4.69) is 6.92 Å². The molecule has 0 spiro atoms. The zero-order valence-corrected chi connectivity index (χ0v) is 9.86. The minimum Gasteiger partial charge on any atom is -0.481 e. The van der Waals surface area contributed by atoms with Gasteiger partial charge in [-0.3, -0.25) is 4.79 Å². The first-order chi connectivity index (χ1) is 6.94. The maximum atomic E-state index is 11.4. The van der Waals surface area contributed by atoms with Crippen molar-refractivity contribution in [2.24, 2.45) is 23.2 Å². The summed E-state index contributed by atoms with van der Waals surface area (Å²) in [6.07, 6.45) is 2.62. The van der Waals surface area contributed by atoms with Crippen molar-refractivity contribution in [3.63, 3.8) is 0 Å². The van der Waals surface area contributed by atoms with Crippen LogP contribution in [0.15, 0.2) is 0 Å². The van der Waals surface area contributed by atoms with Gasteiger partial charge in [-0.05, 0) is 30.6 Å². The number of carbonyl (C=O) groups is 1. The van der Waals surface area contributed by atoms with Crippen LogP contribution < -0.4 is 0 Å². The lowest BCUT2D eigenvalue weighted by Crippen LogP contribution is -2.48. The second-order valence-corrected chi connectivity index (χ2v) is 5.36. The van der Waals surface area contributed by atoms with Gasteiger partial charge in [-0.25, -0.2) is 0 Å². The van der Waals surface area contributed by atoms with E-state index in [0.29, 0.717) is 18.3 Å². The summed E-state index contributed by atoms with van der Waals surface area (Å²) >= 11 is 0. The third-order valence-electron chi connectivity index (χ3n) is 3.91. The molecule has 3 nitrogen and oxygen atoms in total. The molecule has 0 radical (unpaired) electrons. The minimum atomic E-state index is -0.897. The lowest BCUT2D eigenvalue weighted by molar-refractivity contribution is -0.162. The molecule has 1 rings (SSSR count). The number of rotatable bonds is 3. The smallest absolute Gasteiger partial charge is 0.312 e. The maximum absolute atomic E-state index is 11.4. The van der Waals surface area contributed by atoms with Crippen LogP contribution in [0.5, 0.6) is 0 Å². The highest BCUT2D eigenvalue weighted by Crippen LogP contribution is 2.47. The van der Waals surface area contributed by atoms with Crippen LogP contribution in [0, 0.1) is 23.2 Å². The molecule has 0 aromatic heterocycles. The van der Waals surface area contributed by atoms with Crippen molar-refractivity contribution in [1.29, 1.82) is 0 Å². The predicted octanol–water partition coefficient (Wildman–Crippen LogP) is 2.14. The molecular weight excluding hydrogens is 192 g/mol. The fraction of sp³-hybridized carbons (Fsp3) is 0.917. The van der Waals surface area contributed by atoms with E-state index in [0.717, 1.165) is 12.8 Å². The molecule has 0 heterocycles. The van der Waals surface area contributed by atoms with Gasteiger partial charge in [0, 0.05) is 0 Å². The van der Waals surface area contributed by atoms with Crippen molar-refractivity contribution in [2.75, 3.05) is 6.61 Å². The average molecular weight is 214 g/mol. The van der Waals surface area contributed by atoms with Gasteiger partial charge in [0.15, 0.2) is 0 Å². The summed E-state index contributed by atoms with van der Waals surface area (Å²) in [6, 6.07) is 0. The maximum Gasteiger partial charge on any atom is 0.312 e. The zero-order chi connectivity index (χ0) is 11.6. The van der Waals surface area contributed by atoms with E-state index in [1.54, 1.807) is 0 Å². The van der Waals surface area contributed by atoms with Crippen LogP contribution in [0.1, 0.15) is 40.0 Å². The summed E-state index contributed by atoms with van der Waals surface area (Å²) in [5, 5.41) is 18.8. The summed E-state index contributed by atoms with van der Waals surface area (Å²) in [5.74, 6) is 0.00968. The molecule has 0 bridgehead atoms. The van der Waals surface area contributed by atoms with Crippen LogP contribution in [-0.2, 0) is 4.79 Å². The van der Waals surface area contributed by atoms with Gasteiger partial charge in [-0.1, -0.05) is 27.2 Å². The van der Waals surface area contributed by atoms with Gasteiger partial charge in [-0.15, -0.1) is 0 Å². The van der Waals surface area contributed by atoms with Crippen LogP contribution in [0.25, 0.3) is 0 Å². The first-order valence-corrected chi connectivity index (χ1v) is 5.78. The zero-order valence-electron chi connectivity index (χ0n) is 9.86. The molecule has 2 N–H and O–H groups in total. The van der Waals surface area contributed by atoms with Crippen molar-refractivity contribution < 1.29 is 15.0 Å². The first-order valence-electron chi connectivity index (χ1n) is 5.78. The number of aliphatic carboxylic acids is 1. The fourth-order valence-electron chi connectivity index (χ4n) is 3.08. The summed E-state index contributed by atoms with van der Waals surface area (Å²) in [5.41, 5.74) is -0.897. The van der Waals surface area contributed by atoms with Gasteiger partial charge >= 0.3 is 5.97 Å². The molecule has 88 valence electrons. The van der Waals surface area contributed by atoms with Gasteiger partial charge in [0.1, 0.15) is 0 Å². The summed E-state index contributed by atoms with van der Waals surface area (Å²) in [6.45, 7) is 5.95. The van der Waals surface area contributed by atoms with Gasteiger partial charge in [0.25, 0.3) is 0 Å². The SMILES string of the molecule is CC(C)C1CC[C@@H](C)CC1(CO)C(=O)O. The van der Waals surface area contributed by atoms with E-state index in [4.69, 9.17) is 0 Å². The van der Waals surface area contributed by atoms with Gasteiger partial charge in [0.2, 0.25) is 0 Å². The van der Waals surface area contributed by atoms with E-state index in [9.17, 15) is 15.0 Å². The number of aliphatic hydroxyl groups excluding tert-OH is 1. The van der Waals surface area contributed by atoms with Crippen molar-refractivity contribution in [1.82, 2.24) is 0 Å². The molecule has 1 fully saturated rings. The molecule has 2 unspecified atom stereocenters. The third-order valence-corrected chi connectivity index (χ3v) is 3.91. The Bertz CT molecular complexity index is 237. The largest absolute Gasteiger partial charge is 0.481 e. The highest BCUT2D eigenvalue weighted by Gasteiger charge is 2.49. The van der Waals surface area contributed by atoms with E-state index in [-0.39, 0.29) is 12.5 Å². The van der Waals surface area contributed by atoms with E-state index in [1.165, 1.54) is 0 Å². The monoisotopic (exact) mass is 214 g/mol. The van der Waals surface area contributed by atoms with E-state index in [1.807, 2.05) is 13.8 Å². The Kier molecular flexibility index (Phi) is 3.77. The number of hydrogen-bond donors (Lipinski definition) is 2. The van der Waals surface area contributed by atoms with Crippen LogP contribution in [0.4, 0.5) is 0 Å². The molecule has 0 aromatic carbocycles. The van der Waals surface area contributed by atoms with Crippen LogP contribution >= 0.6 is 0 Å². The molecule has 0 aliphatic heterocycles. The molecule has 3 heteroatoms. The first kappa shape index (κ1) is 12.5. The Morgan fingerprint density at radius 1 is 1.47 bits per heavy atom. The molecule has 0 saturated heterocycles. The second kappa shape index (κ2) is 4.52. The fourth-order valence-corrected chi connectivity index (χ4v) is 3.08. The summed E-state index contributed by atoms with van der Waals surface area (Å²) in [7, 11) is 0. The quantitative estimate of drug-likeness (QED) is 0.756. The number of hydrogen-bond acceptors (Lipinski definition) is 2. The topological polar surface area (TPSA) is 57.5 Å². The second-order valence-electron chi connectivity index (χ2n) is 5.36. The highest BCUT2D eigenvalue weighted by molar-refractivity contribution is 5.75. The molecule has 3 atom stereocenters. The normalized spacial score (nSPS) is 36.9. The number of carboxylic acid groups (broad SMARTS) is 1. The highest BCUT2D eigenvalue weighted by atomic mass is 16.4. The molecular formula is C12H22O3. The van der Waals surface area contributed by atoms with Crippen molar-refractivity contribution in [3.05, 3.63) is 0 Å². The standard InChI is InChI=1S/C12H22O3/c1-8(2)10-5-4-9(3)6-12(10,7-13)11(14)15/h8-10,13H,4-7H2,1-3H3,(H,14,15)/t9-,10?,12?/m1/s1. The van der Waals surface area contributed by atoms with E-state index < -0.39 is 11.4 Å². The molecule has 1 aliphatic carbocycles. The van der Waals surface area contributed by atoms with Crippen molar-refractivity contribution in [2.45, 2.75) is 40.0 Å². The molecule has 15 heavy (non-hydrogen) atoms. The Labute approximate surface area is 91.5 Å². The van der Waals surface area contributed by atoms with Crippen LogP contribution in [0.2, 0.25) is 0 Å². The summed E-state index contributed by atoms with van der Waals surface area (Å²) < 4.78 is 0. The molecule has 1 aliphatic rings. The Hall–Kier alpha value is -0.570. The average Bonchev–Trinajstić information content (AvgIpc) is 2.16. The number of carboxylic acids is 1. The Morgan fingerprint density at radius 3 is 2.47 bits per heavy atom. The lowest BCUT2D eigenvalue weighted by atomic mass is 9.60. The molecule has 0 amide bonds. The molecule has 0 aromatic rings. The minimum absolute atomic E-state index is 0.108. The van der Waals surface area contributed by atoms with Gasteiger partial charge in [-0.2, -0.15) is 0 Å². The lowest BCUT2D eigenvalue weighted by Gasteiger charge is -2.44. The Morgan fingerprint density at radius 2 is 2.07 bits per heavy atom. The van der Waals surface area contributed by atoms with Crippen LogP contribution in [-0.4, -0.2) is 22.8 Å². The number of aliphatic hydroxyl groups is 1. The van der Waals surface area contributed by atoms with E-state index >= 15 is 0 Å². The summed E-state index contributed by atoms with van der Waals surface area (Å²) in [4.78, 5) is 11.4. The van der Waals surface area contributed by atoms with Crippen molar-refractivity contribution >= 4 is 5.97 Å². The van der Waals surface area contributed by atoms with Gasteiger partial charge < -0.3 is 10.2 Å². The third kappa shape index (κ3) is 2.17. The van der Waals surface area contributed by atoms with Gasteiger partial charge in [0.05, 0.1) is 12.0 Å².